The van der Waals surface area contributed by atoms with Crippen LogP contribution in [0.3, 0.4) is 0 Å². The van der Waals surface area contributed by atoms with E-state index in [1.165, 1.54) is 15.3 Å². The number of nitrogens with two attached hydrogens (primary N) is 1. The summed E-state index contributed by atoms with van der Waals surface area (Å²) in [6.45, 7) is 5.28. The van der Waals surface area contributed by atoms with Crippen LogP contribution in [-0.4, -0.2) is 18.0 Å². The van der Waals surface area contributed by atoms with Crippen molar-refractivity contribution in [3.05, 3.63) is 42.7 Å². The van der Waals surface area contributed by atoms with Crippen LogP contribution in [0.25, 0.3) is 0 Å². The summed E-state index contributed by atoms with van der Waals surface area (Å²) < 4.78 is 1.16. The first-order chi connectivity index (χ1) is 9.52. The molecule has 0 aromatic carbocycles. The van der Waals surface area contributed by atoms with Crippen molar-refractivity contribution >= 4 is 38.6 Å². The van der Waals surface area contributed by atoms with Gasteiger partial charge in [0.2, 0.25) is 0 Å². The largest absolute Gasteiger partial charge is 0.326 e. The first-order valence-electron chi connectivity index (χ1n) is 6.75. The summed E-state index contributed by atoms with van der Waals surface area (Å²) in [6, 6.07) is 4.84. The Labute approximate surface area is 137 Å². The Morgan fingerprint density at radius 3 is 2.65 bits per heavy atom. The van der Waals surface area contributed by atoms with Gasteiger partial charge in [0, 0.05) is 32.2 Å². The van der Waals surface area contributed by atoms with Crippen LogP contribution in [0.15, 0.2) is 27.4 Å². The number of nitrogens with zero attached hydrogens (tertiary/aromatic N) is 1. The van der Waals surface area contributed by atoms with Gasteiger partial charge in [-0.2, -0.15) is 0 Å². The Balaban J connectivity index is 2.20. The van der Waals surface area contributed by atoms with E-state index in [1.807, 2.05) is 11.3 Å². The third kappa shape index (κ3) is 3.71. The molecule has 0 saturated heterocycles. The Hall–Kier alpha value is -0.200. The maximum atomic E-state index is 6.40. The Morgan fingerprint density at radius 2 is 2.15 bits per heavy atom. The number of hydrogen-bond acceptors (Lipinski definition) is 4. The van der Waals surface area contributed by atoms with Crippen LogP contribution in [0.2, 0.25) is 0 Å². The predicted octanol–water partition coefficient (Wildman–Crippen LogP) is 4.79. The van der Waals surface area contributed by atoms with Crippen molar-refractivity contribution in [2.24, 2.45) is 5.73 Å². The van der Waals surface area contributed by atoms with E-state index in [-0.39, 0.29) is 6.04 Å². The molecule has 5 heteroatoms. The van der Waals surface area contributed by atoms with Crippen LogP contribution in [0.1, 0.15) is 34.7 Å². The molecule has 0 aliphatic rings. The topological polar surface area (TPSA) is 29.3 Å². The fourth-order valence-corrected chi connectivity index (χ4v) is 5.09. The zero-order chi connectivity index (χ0) is 14.7. The Bertz CT molecular complexity index is 550. The van der Waals surface area contributed by atoms with Crippen molar-refractivity contribution < 1.29 is 0 Å². The molecular weight excluding hydrogens is 352 g/mol. The maximum Gasteiger partial charge on any atom is 0.0596 e. The lowest BCUT2D eigenvalue weighted by Gasteiger charge is -2.32. The molecule has 2 heterocycles. The minimum Gasteiger partial charge on any atom is -0.326 e. The lowest BCUT2D eigenvalue weighted by molar-refractivity contribution is 0.206. The molecule has 0 aliphatic heterocycles. The monoisotopic (exact) mass is 372 g/mol. The summed E-state index contributed by atoms with van der Waals surface area (Å²) in [4.78, 5) is 5.14. The van der Waals surface area contributed by atoms with E-state index in [2.05, 4.69) is 64.6 Å². The van der Waals surface area contributed by atoms with Gasteiger partial charge in [-0.1, -0.05) is 6.92 Å². The summed E-state index contributed by atoms with van der Waals surface area (Å²) in [5.41, 5.74) is 7.75. The molecule has 20 heavy (non-hydrogen) atoms. The van der Waals surface area contributed by atoms with Gasteiger partial charge in [0.05, 0.1) is 6.04 Å². The Kier molecular flexibility index (Phi) is 5.81. The molecule has 0 saturated carbocycles. The fraction of sp³-hybridized carbons (Fsp3) is 0.467. The van der Waals surface area contributed by atoms with E-state index in [1.54, 1.807) is 11.3 Å². The van der Waals surface area contributed by atoms with E-state index >= 15 is 0 Å². The molecule has 0 fully saturated rings. The average molecular weight is 373 g/mol. The van der Waals surface area contributed by atoms with Crippen LogP contribution in [-0.2, 0) is 6.54 Å². The highest BCUT2D eigenvalue weighted by Gasteiger charge is 2.25. The van der Waals surface area contributed by atoms with Gasteiger partial charge in [0.15, 0.2) is 0 Å². The molecule has 110 valence electrons. The highest BCUT2D eigenvalue weighted by atomic mass is 79.9. The minimum absolute atomic E-state index is 0.167. The first kappa shape index (κ1) is 16.2. The lowest BCUT2D eigenvalue weighted by Crippen LogP contribution is -2.38. The maximum absolute atomic E-state index is 6.40. The molecule has 2 N–H and O–H groups in total. The van der Waals surface area contributed by atoms with Crippen molar-refractivity contribution in [1.82, 2.24) is 4.90 Å². The van der Waals surface area contributed by atoms with Gasteiger partial charge >= 0.3 is 0 Å². The highest BCUT2D eigenvalue weighted by molar-refractivity contribution is 9.10. The second-order valence-electron chi connectivity index (χ2n) is 5.13. The van der Waals surface area contributed by atoms with Crippen molar-refractivity contribution in [2.75, 3.05) is 7.05 Å². The lowest BCUT2D eigenvalue weighted by atomic mass is 10.0. The van der Waals surface area contributed by atoms with Gasteiger partial charge < -0.3 is 5.73 Å². The zero-order valence-corrected chi connectivity index (χ0v) is 15.3. The molecule has 2 aromatic heterocycles. The van der Waals surface area contributed by atoms with Gasteiger partial charge in [-0.25, -0.2) is 0 Å². The quantitative estimate of drug-likeness (QED) is 0.789. The molecule has 2 unspecified atom stereocenters. The van der Waals surface area contributed by atoms with Gasteiger partial charge in [0.1, 0.15) is 0 Å². The van der Waals surface area contributed by atoms with E-state index in [0.29, 0.717) is 6.04 Å². The smallest absolute Gasteiger partial charge is 0.0596 e. The van der Waals surface area contributed by atoms with Crippen molar-refractivity contribution in [2.45, 2.75) is 38.9 Å². The predicted molar refractivity (Wildman–Crippen MR) is 93.5 cm³/mol. The van der Waals surface area contributed by atoms with E-state index < -0.39 is 0 Å². The molecule has 2 rings (SSSR count). The van der Waals surface area contributed by atoms with E-state index in [9.17, 15) is 0 Å². The first-order valence-corrected chi connectivity index (χ1v) is 9.30. The SMILES string of the molecule is CCC(N)C(c1sccc1C)N(C)Cc1cc(Br)cs1. The summed E-state index contributed by atoms with van der Waals surface area (Å²) in [5, 5.41) is 4.30. The number of rotatable bonds is 6. The summed E-state index contributed by atoms with van der Waals surface area (Å²) >= 11 is 7.13. The summed E-state index contributed by atoms with van der Waals surface area (Å²) in [6.07, 6.45) is 0.987. The van der Waals surface area contributed by atoms with Crippen LogP contribution < -0.4 is 5.73 Å². The third-order valence-electron chi connectivity index (χ3n) is 3.55. The van der Waals surface area contributed by atoms with Crippen LogP contribution in [0, 0.1) is 6.92 Å². The van der Waals surface area contributed by atoms with Gasteiger partial charge in [0.25, 0.3) is 0 Å². The molecule has 0 bridgehead atoms. The van der Waals surface area contributed by atoms with Crippen molar-refractivity contribution in [3.63, 3.8) is 0 Å². The molecule has 2 aromatic rings. The van der Waals surface area contributed by atoms with Gasteiger partial charge in [-0.05, 0) is 59.4 Å². The molecule has 2 nitrogen and oxygen atoms in total. The molecule has 0 amide bonds. The number of hydrogen-bond donors (Lipinski definition) is 1. The fourth-order valence-electron chi connectivity index (χ4n) is 2.41. The molecule has 0 radical (unpaired) electrons. The molecule has 2 atom stereocenters. The van der Waals surface area contributed by atoms with Gasteiger partial charge in [-0.3, -0.25) is 4.90 Å². The summed E-state index contributed by atoms with van der Waals surface area (Å²) in [5.74, 6) is 0. The standard InChI is InChI=1S/C15H21BrN2S2/c1-4-13(17)14(15-10(2)5-6-19-15)18(3)8-12-7-11(16)9-20-12/h5-7,9,13-14H,4,8,17H2,1-3H3. The average Bonchev–Trinajstić information content (AvgIpc) is 2.99. The number of thiophene rings is 2. The summed E-state index contributed by atoms with van der Waals surface area (Å²) in [7, 11) is 2.17. The second kappa shape index (κ2) is 7.18. The van der Waals surface area contributed by atoms with Crippen LogP contribution in [0.5, 0.6) is 0 Å². The van der Waals surface area contributed by atoms with Crippen LogP contribution >= 0.6 is 38.6 Å². The highest BCUT2D eigenvalue weighted by Crippen LogP contribution is 2.33. The van der Waals surface area contributed by atoms with E-state index in [0.717, 1.165) is 17.4 Å². The normalized spacial score (nSPS) is 14.7. The zero-order valence-electron chi connectivity index (χ0n) is 12.1. The minimum atomic E-state index is 0.167. The Morgan fingerprint density at radius 1 is 1.40 bits per heavy atom. The number of halogens is 1. The van der Waals surface area contributed by atoms with Gasteiger partial charge in [-0.15, -0.1) is 22.7 Å². The molecule has 0 aliphatic carbocycles. The molecular formula is C15H21BrN2S2. The van der Waals surface area contributed by atoms with Crippen LogP contribution in [0.4, 0.5) is 0 Å². The second-order valence-corrected chi connectivity index (χ2v) is 7.99. The number of likely N-dealkylation sites (N-methyl/N-ethyl adjacent to an activating group) is 1. The number of aryl methyl sites for hydroxylation is 1. The van der Waals surface area contributed by atoms with Crippen molar-refractivity contribution in [1.29, 1.82) is 0 Å². The van der Waals surface area contributed by atoms with E-state index in [4.69, 9.17) is 5.73 Å². The third-order valence-corrected chi connectivity index (χ3v) is 6.32. The molecule has 0 spiro atoms. The van der Waals surface area contributed by atoms with Crippen molar-refractivity contribution in [3.8, 4) is 0 Å².